The lowest BCUT2D eigenvalue weighted by Gasteiger charge is -2.30. The summed E-state index contributed by atoms with van der Waals surface area (Å²) in [5.41, 5.74) is 4.23. The first kappa shape index (κ1) is 21.3. The van der Waals surface area contributed by atoms with Crippen LogP contribution in [0.25, 0.3) is 11.3 Å². The minimum atomic E-state index is -0.171. The van der Waals surface area contributed by atoms with Crippen molar-refractivity contribution in [2.24, 2.45) is 0 Å². The number of ether oxygens (including phenoxy) is 2. The SMILES string of the molecule is Cc1cc(NC2CCN(C)CC2)ccc1C(=O)Nc1cc(-c2ccc3c(c2)OCCO3)n[nH]1. The highest BCUT2D eigenvalue weighted by Crippen LogP contribution is 2.34. The first-order chi connectivity index (χ1) is 16.0. The van der Waals surface area contributed by atoms with Crippen LogP contribution in [0.3, 0.4) is 0 Å². The van der Waals surface area contributed by atoms with E-state index in [1.54, 1.807) is 0 Å². The van der Waals surface area contributed by atoms with E-state index in [1.165, 1.54) is 0 Å². The second-order valence-corrected chi connectivity index (χ2v) is 8.73. The zero-order chi connectivity index (χ0) is 22.8. The first-order valence-electron chi connectivity index (χ1n) is 11.4. The smallest absolute Gasteiger partial charge is 0.257 e. The standard InChI is InChI=1S/C25H29N5O3/c1-16-13-19(26-18-7-9-30(2)10-8-18)4-5-20(16)25(31)27-24-15-21(28-29-24)17-3-6-22-23(14-17)33-12-11-32-22/h3-6,13-15,18,26H,7-12H2,1-2H3,(H2,27,28,29,31). The molecule has 1 amide bonds. The Morgan fingerprint density at radius 1 is 1.06 bits per heavy atom. The predicted octanol–water partition coefficient (Wildman–Crippen LogP) is 3.91. The maximum absolute atomic E-state index is 12.9. The van der Waals surface area contributed by atoms with Crippen molar-refractivity contribution < 1.29 is 14.3 Å². The monoisotopic (exact) mass is 447 g/mol. The lowest BCUT2D eigenvalue weighted by molar-refractivity contribution is 0.102. The molecule has 8 heteroatoms. The molecular formula is C25H29N5O3. The highest BCUT2D eigenvalue weighted by atomic mass is 16.6. The summed E-state index contributed by atoms with van der Waals surface area (Å²) in [6.45, 7) is 5.26. The number of likely N-dealkylation sites (tertiary alicyclic amines) is 1. The molecule has 0 radical (unpaired) electrons. The molecule has 8 nitrogen and oxygen atoms in total. The van der Waals surface area contributed by atoms with Gasteiger partial charge in [0.15, 0.2) is 11.5 Å². The number of carbonyl (C=O) groups excluding carboxylic acids is 1. The van der Waals surface area contributed by atoms with E-state index in [0.717, 1.165) is 54.2 Å². The summed E-state index contributed by atoms with van der Waals surface area (Å²) in [6, 6.07) is 13.9. The van der Waals surface area contributed by atoms with E-state index in [0.29, 0.717) is 36.4 Å². The van der Waals surface area contributed by atoms with Crippen molar-refractivity contribution in [3.05, 3.63) is 53.6 Å². The third-order valence-corrected chi connectivity index (χ3v) is 6.22. The second kappa shape index (κ2) is 9.15. The van der Waals surface area contributed by atoms with Gasteiger partial charge in [-0.25, -0.2) is 0 Å². The molecule has 0 atom stereocenters. The van der Waals surface area contributed by atoms with Gasteiger partial charge in [-0.2, -0.15) is 5.10 Å². The van der Waals surface area contributed by atoms with Gasteiger partial charge >= 0.3 is 0 Å². The summed E-state index contributed by atoms with van der Waals surface area (Å²) < 4.78 is 11.2. The maximum Gasteiger partial charge on any atom is 0.257 e. The van der Waals surface area contributed by atoms with Crippen LogP contribution in [0.5, 0.6) is 11.5 Å². The van der Waals surface area contributed by atoms with Crippen molar-refractivity contribution in [3.63, 3.8) is 0 Å². The normalized spacial score (nSPS) is 16.4. The molecule has 172 valence electrons. The Hall–Kier alpha value is -3.52. The minimum absolute atomic E-state index is 0.171. The number of fused-ring (bicyclic) bond motifs is 1. The fourth-order valence-electron chi connectivity index (χ4n) is 4.32. The van der Waals surface area contributed by atoms with E-state index < -0.39 is 0 Å². The Bertz CT molecular complexity index is 1150. The van der Waals surface area contributed by atoms with E-state index in [2.05, 4.69) is 32.8 Å². The van der Waals surface area contributed by atoms with Gasteiger partial charge in [-0.15, -0.1) is 0 Å². The van der Waals surface area contributed by atoms with Crippen LogP contribution in [0, 0.1) is 6.92 Å². The molecule has 5 rings (SSSR count). The number of carbonyl (C=O) groups is 1. The molecule has 0 bridgehead atoms. The van der Waals surface area contributed by atoms with Gasteiger partial charge < -0.3 is 25.0 Å². The summed E-state index contributed by atoms with van der Waals surface area (Å²) in [5, 5.41) is 13.8. The molecule has 0 saturated carbocycles. The van der Waals surface area contributed by atoms with Gasteiger partial charge in [-0.3, -0.25) is 9.89 Å². The molecule has 2 aliphatic heterocycles. The number of nitrogens with zero attached hydrogens (tertiary/aromatic N) is 2. The van der Waals surface area contributed by atoms with Crippen LogP contribution < -0.4 is 20.1 Å². The van der Waals surface area contributed by atoms with Crippen molar-refractivity contribution in [1.82, 2.24) is 15.1 Å². The number of aryl methyl sites for hydroxylation is 1. The zero-order valence-electron chi connectivity index (χ0n) is 19.0. The number of rotatable bonds is 5. The van der Waals surface area contributed by atoms with Gasteiger partial charge in [0.05, 0.1) is 5.69 Å². The number of amides is 1. The Kier molecular flexibility index (Phi) is 5.92. The molecule has 33 heavy (non-hydrogen) atoms. The third kappa shape index (κ3) is 4.80. The molecule has 0 unspecified atom stereocenters. The summed E-state index contributed by atoms with van der Waals surface area (Å²) in [6.07, 6.45) is 2.26. The Morgan fingerprint density at radius 3 is 2.64 bits per heavy atom. The molecule has 3 aromatic rings. The minimum Gasteiger partial charge on any atom is -0.486 e. The van der Waals surface area contributed by atoms with Crippen LogP contribution in [0.4, 0.5) is 11.5 Å². The van der Waals surface area contributed by atoms with Crippen molar-refractivity contribution in [3.8, 4) is 22.8 Å². The summed E-state index contributed by atoms with van der Waals surface area (Å²) in [5.74, 6) is 1.81. The summed E-state index contributed by atoms with van der Waals surface area (Å²) >= 11 is 0. The topological polar surface area (TPSA) is 91.5 Å². The van der Waals surface area contributed by atoms with Crippen molar-refractivity contribution in [1.29, 1.82) is 0 Å². The summed E-state index contributed by atoms with van der Waals surface area (Å²) in [4.78, 5) is 15.2. The predicted molar refractivity (Wildman–Crippen MR) is 128 cm³/mol. The van der Waals surface area contributed by atoms with Gasteiger partial charge in [0, 0.05) is 28.9 Å². The van der Waals surface area contributed by atoms with Crippen molar-refractivity contribution in [2.75, 3.05) is 44.0 Å². The average Bonchev–Trinajstić information content (AvgIpc) is 3.29. The number of anilines is 2. The van der Waals surface area contributed by atoms with Crippen LogP contribution >= 0.6 is 0 Å². The Morgan fingerprint density at radius 2 is 1.85 bits per heavy atom. The van der Waals surface area contributed by atoms with Gasteiger partial charge in [-0.05, 0) is 81.9 Å². The van der Waals surface area contributed by atoms with Gasteiger partial charge in [-0.1, -0.05) is 0 Å². The molecule has 2 aromatic carbocycles. The number of aromatic amines is 1. The molecule has 0 aliphatic carbocycles. The quantitative estimate of drug-likeness (QED) is 0.549. The lowest BCUT2D eigenvalue weighted by atomic mass is 10.0. The van der Waals surface area contributed by atoms with Crippen LogP contribution in [0.1, 0.15) is 28.8 Å². The van der Waals surface area contributed by atoms with Gasteiger partial charge in [0.25, 0.3) is 5.91 Å². The van der Waals surface area contributed by atoms with Gasteiger partial charge in [0.2, 0.25) is 0 Å². The number of benzene rings is 2. The number of hydrogen-bond donors (Lipinski definition) is 3. The second-order valence-electron chi connectivity index (χ2n) is 8.73. The van der Waals surface area contributed by atoms with Crippen molar-refractivity contribution >= 4 is 17.4 Å². The molecular weight excluding hydrogens is 418 g/mol. The molecule has 1 aromatic heterocycles. The number of piperidine rings is 1. The van der Waals surface area contributed by atoms with E-state index in [1.807, 2.05) is 49.4 Å². The Balaban J connectivity index is 1.24. The zero-order valence-corrected chi connectivity index (χ0v) is 19.0. The highest BCUT2D eigenvalue weighted by Gasteiger charge is 2.18. The fraction of sp³-hybridized carbons (Fsp3) is 0.360. The fourth-order valence-corrected chi connectivity index (χ4v) is 4.32. The molecule has 1 fully saturated rings. The molecule has 3 heterocycles. The molecule has 2 aliphatic rings. The Labute approximate surface area is 193 Å². The molecule has 1 saturated heterocycles. The number of nitrogens with one attached hydrogen (secondary N) is 3. The van der Waals surface area contributed by atoms with Crippen molar-refractivity contribution in [2.45, 2.75) is 25.8 Å². The van der Waals surface area contributed by atoms with E-state index in [9.17, 15) is 4.79 Å². The lowest BCUT2D eigenvalue weighted by Crippen LogP contribution is -2.36. The van der Waals surface area contributed by atoms with Gasteiger partial charge in [0.1, 0.15) is 19.0 Å². The van der Waals surface area contributed by atoms with E-state index in [4.69, 9.17) is 9.47 Å². The van der Waals surface area contributed by atoms with Crippen LogP contribution in [-0.4, -0.2) is 60.4 Å². The molecule has 0 spiro atoms. The first-order valence-corrected chi connectivity index (χ1v) is 11.4. The maximum atomic E-state index is 12.9. The van der Waals surface area contributed by atoms with E-state index >= 15 is 0 Å². The van der Waals surface area contributed by atoms with E-state index in [-0.39, 0.29) is 5.91 Å². The largest absolute Gasteiger partial charge is 0.486 e. The van der Waals surface area contributed by atoms with Crippen LogP contribution in [0.2, 0.25) is 0 Å². The van der Waals surface area contributed by atoms with Crippen LogP contribution in [0.15, 0.2) is 42.5 Å². The summed E-state index contributed by atoms with van der Waals surface area (Å²) in [7, 11) is 2.16. The van der Waals surface area contributed by atoms with Crippen LogP contribution in [-0.2, 0) is 0 Å². The third-order valence-electron chi connectivity index (χ3n) is 6.22. The number of aromatic nitrogens is 2. The number of H-pyrrole nitrogens is 1. The number of hydrogen-bond acceptors (Lipinski definition) is 6. The average molecular weight is 448 g/mol. The highest BCUT2D eigenvalue weighted by molar-refractivity contribution is 6.05. The molecule has 3 N–H and O–H groups in total.